The van der Waals surface area contributed by atoms with E-state index in [1.807, 2.05) is 0 Å². The molecule has 3 saturated heterocycles. The van der Waals surface area contributed by atoms with Gasteiger partial charge in [0.15, 0.2) is 0 Å². The van der Waals surface area contributed by atoms with Crippen molar-refractivity contribution >= 4 is 0 Å². The quantitative estimate of drug-likeness (QED) is 0.791. The normalized spacial score (nSPS) is 29.5. The lowest BCUT2D eigenvalue weighted by molar-refractivity contribution is 0.0481. The van der Waals surface area contributed by atoms with Crippen molar-refractivity contribution in [2.24, 2.45) is 0 Å². The number of nitrogens with zero attached hydrogens (tertiary/aromatic N) is 3. The van der Waals surface area contributed by atoms with Crippen molar-refractivity contribution in [3.8, 4) is 0 Å². The average molecular weight is 315 g/mol. The first-order chi connectivity index (χ1) is 11.3. The van der Waals surface area contributed by atoms with Crippen molar-refractivity contribution in [1.29, 1.82) is 0 Å². The molecule has 2 atom stereocenters. The number of ether oxygens (including phenoxy) is 1. The van der Waals surface area contributed by atoms with Crippen molar-refractivity contribution in [3.63, 3.8) is 0 Å². The Morgan fingerprint density at radius 3 is 2.22 bits per heavy atom. The molecule has 0 spiro atoms. The zero-order chi connectivity index (χ0) is 15.6. The van der Waals surface area contributed by atoms with Gasteiger partial charge in [-0.3, -0.25) is 9.80 Å². The van der Waals surface area contributed by atoms with E-state index in [-0.39, 0.29) is 0 Å². The standard InChI is InChI=1S/C19H29N3O/c1-20-11-13-21(14-12-20)17-7-9-22(10-8-17)19(18-15-23-18)16-5-3-2-4-6-16/h2-6,17-19H,7-15H2,1H3. The second-order valence-electron chi connectivity index (χ2n) is 7.33. The maximum atomic E-state index is 5.68. The predicted octanol–water partition coefficient (Wildman–Crippen LogP) is 1.84. The number of likely N-dealkylation sites (N-methyl/N-ethyl adjacent to an activating group) is 1. The van der Waals surface area contributed by atoms with Crippen LogP contribution in [0.1, 0.15) is 24.4 Å². The highest BCUT2D eigenvalue weighted by molar-refractivity contribution is 5.22. The summed E-state index contributed by atoms with van der Waals surface area (Å²) in [6, 6.07) is 12.2. The molecular weight excluding hydrogens is 286 g/mol. The highest BCUT2D eigenvalue weighted by Gasteiger charge is 2.39. The number of rotatable bonds is 4. The molecule has 3 heterocycles. The van der Waals surface area contributed by atoms with Gasteiger partial charge in [-0.25, -0.2) is 0 Å². The fraction of sp³-hybridized carbons (Fsp3) is 0.684. The number of hydrogen-bond donors (Lipinski definition) is 0. The van der Waals surface area contributed by atoms with E-state index in [1.54, 1.807) is 0 Å². The van der Waals surface area contributed by atoms with E-state index in [2.05, 4.69) is 52.1 Å². The van der Waals surface area contributed by atoms with E-state index in [1.165, 1.54) is 57.7 Å². The van der Waals surface area contributed by atoms with Gasteiger partial charge in [-0.05, 0) is 25.5 Å². The van der Waals surface area contributed by atoms with E-state index in [4.69, 9.17) is 4.74 Å². The first kappa shape index (κ1) is 15.6. The average Bonchev–Trinajstić information content (AvgIpc) is 3.43. The van der Waals surface area contributed by atoms with Gasteiger partial charge in [0, 0.05) is 45.3 Å². The molecule has 1 aromatic carbocycles. The van der Waals surface area contributed by atoms with Crippen LogP contribution in [0.2, 0.25) is 0 Å². The molecule has 0 amide bonds. The van der Waals surface area contributed by atoms with Crippen LogP contribution >= 0.6 is 0 Å². The Hall–Kier alpha value is -0.940. The first-order valence-electron chi connectivity index (χ1n) is 9.14. The minimum absolute atomic E-state index is 0.414. The minimum atomic E-state index is 0.414. The molecule has 4 rings (SSSR count). The number of likely N-dealkylation sites (tertiary alicyclic amines) is 1. The Balaban J connectivity index is 1.36. The monoisotopic (exact) mass is 315 g/mol. The zero-order valence-electron chi connectivity index (χ0n) is 14.2. The summed E-state index contributed by atoms with van der Waals surface area (Å²) in [6.45, 7) is 8.28. The van der Waals surface area contributed by atoms with Crippen LogP contribution in [0.25, 0.3) is 0 Å². The van der Waals surface area contributed by atoms with Crippen LogP contribution in [0.3, 0.4) is 0 Å². The van der Waals surface area contributed by atoms with Crippen molar-refractivity contribution in [2.75, 3.05) is 52.9 Å². The second kappa shape index (κ2) is 6.89. The largest absolute Gasteiger partial charge is 0.371 e. The molecule has 23 heavy (non-hydrogen) atoms. The first-order valence-corrected chi connectivity index (χ1v) is 9.14. The van der Waals surface area contributed by atoms with E-state index in [0.717, 1.165) is 12.6 Å². The van der Waals surface area contributed by atoms with Crippen molar-refractivity contribution in [1.82, 2.24) is 14.7 Å². The Morgan fingerprint density at radius 1 is 0.957 bits per heavy atom. The summed E-state index contributed by atoms with van der Waals surface area (Å²) < 4.78 is 5.68. The summed E-state index contributed by atoms with van der Waals surface area (Å²) in [6.07, 6.45) is 3.03. The lowest BCUT2D eigenvalue weighted by atomic mass is 9.96. The van der Waals surface area contributed by atoms with Crippen LogP contribution in [-0.2, 0) is 4.74 Å². The lowest BCUT2D eigenvalue weighted by Gasteiger charge is -2.43. The Kier molecular flexibility index (Phi) is 4.67. The topological polar surface area (TPSA) is 22.2 Å². The van der Waals surface area contributed by atoms with Gasteiger partial charge in [0.1, 0.15) is 6.10 Å². The van der Waals surface area contributed by atoms with E-state index < -0.39 is 0 Å². The van der Waals surface area contributed by atoms with Crippen LogP contribution in [0, 0.1) is 0 Å². The summed E-state index contributed by atoms with van der Waals surface area (Å²) in [5.41, 5.74) is 1.42. The van der Waals surface area contributed by atoms with E-state index >= 15 is 0 Å². The molecule has 2 unspecified atom stereocenters. The maximum absolute atomic E-state index is 5.68. The molecule has 3 aliphatic heterocycles. The summed E-state index contributed by atoms with van der Waals surface area (Å²) >= 11 is 0. The summed E-state index contributed by atoms with van der Waals surface area (Å²) in [4.78, 5) is 7.84. The molecule has 3 fully saturated rings. The Bertz CT molecular complexity index is 489. The van der Waals surface area contributed by atoms with Crippen molar-refractivity contribution in [3.05, 3.63) is 35.9 Å². The summed E-state index contributed by atoms with van der Waals surface area (Å²) in [7, 11) is 2.24. The van der Waals surface area contributed by atoms with Gasteiger partial charge in [-0.1, -0.05) is 30.3 Å². The smallest absolute Gasteiger partial charge is 0.101 e. The van der Waals surface area contributed by atoms with Gasteiger partial charge in [-0.15, -0.1) is 0 Å². The minimum Gasteiger partial charge on any atom is -0.371 e. The molecule has 0 aliphatic carbocycles. The van der Waals surface area contributed by atoms with Crippen molar-refractivity contribution in [2.45, 2.75) is 31.0 Å². The van der Waals surface area contributed by atoms with Crippen LogP contribution in [0.15, 0.2) is 30.3 Å². The van der Waals surface area contributed by atoms with E-state index in [0.29, 0.717) is 12.1 Å². The molecule has 0 aromatic heterocycles. The summed E-state index contributed by atoms with van der Waals surface area (Å²) in [5, 5.41) is 0. The maximum Gasteiger partial charge on any atom is 0.101 e. The van der Waals surface area contributed by atoms with Crippen molar-refractivity contribution < 1.29 is 4.74 Å². The van der Waals surface area contributed by atoms with Gasteiger partial charge in [0.2, 0.25) is 0 Å². The Labute approximate surface area is 140 Å². The molecule has 4 heteroatoms. The number of epoxide rings is 1. The van der Waals surface area contributed by atoms with Gasteiger partial charge in [0.25, 0.3) is 0 Å². The third-order valence-corrected chi connectivity index (χ3v) is 5.80. The van der Waals surface area contributed by atoms with Gasteiger partial charge in [-0.2, -0.15) is 0 Å². The molecule has 0 N–H and O–H groups in total. The third-order valence-electron chi connectivity index (χ3n) is 5.80. The molecule has 126 valence electrons. The SMILES string of the molecule is CN1CCN(C2CCN(C(c3ccccc3)C3CO3)CC2)CC1. The molecule has 4 nitrogen and oxygen atoms in total. The molecule has 0 saturated carbocycles. The van der Waals surface area contributed by atoms with Crippen LogP contribution in [-0.4, -0.2) is 79.8 Å². The summed E-state index contributed by atoms with van der Waals surface area (Å²) in [5.74, 6) is 0. The van der Waals surface area contributed by atoms with Crippen LogP contribution in [0.4, 0.5) is 0 Å². The molecular formula is C19H29N3O. The molecule has 0 radical (unpaired) electrons. The fourth-order valence-corrected chi connectivity index (χ4v) is 4.26. The molecule has 1 aromatic rings. The van der Waals surface area contributed by atoms with E-state index in [9.17, 15) is 0 Å². The second-order valence-corrected chi connectivity index (χ2v) is 7.33. The predicted molar refractivity (Wildman–Crippen MR) is 92.6 cm³/mol. The van der Waals surface area contributed by atoms with Gasteiger partial charge in [0.05, 0.1) is 12.6 Å². The van der Waals surface area contributed by atoms with Crippen LogP contribution < -0.4 is 0 Å². The highest BCUT2D eigenvalue weighted by atomic mass is 16.6. The lowest BCUT2D eigenvalue weighted by Crippen LogP contribution is -2.52. The fourth-order valence-electron chi connectivity index (χ4n) is 4.26. The zero-order valence-corrected chi connectivity index (χ0v) is 14.2. The van der Waals surface area contributed by atoms with Crippen LogP contribution in [0.5, 0.6) is 0 Å². The van der Waals surface area contributed by atoms with Gasteiger partial charge >= 0.3 is 0 Å². The number of hydrogen-bond acceptors (Lipinski definition) is 4. The highest BCUT2D eigenvalue weighted by Crippen LogP contribution is 2.35. The van der Waals surface area contributed by atoms with Gasteiger partial charge < -0.3 is 9.64 Å². The Morgan fingerprint density at radius 2 is 1.61 bits per heavy atom. The molecule has 0 bridgehead atoms. The number of benzene rings is 1. The number of piperidine rings is 1. The molecule has 3 aliphatic rings. The third kappa shape index (κ3) is 3.61. The number of piperazine rings is 1.